The molecule has 0 saturated carbocycles. The molecule has 13 heavy (non-hydrogen) atoms. The molecule has 0 atom stereocenters. The highest BCUT2D eigenvalue weighted by Gasteiger charge is 2.27. The van der Waals surface area contributed by atoms with Crippen molar-refractivity contribution in [3.63, 3.8) is 0 Å². The van der Waals surface area contributed by atoms with E-state index in [-0.39, 0.29) is 0 Å². The van der Waals surface area contributed by atoms with Crippen LogP contribution in [0.5, 0.6) is 0 Å². The molecular weight excluding hydrogens is 168 g/mol. The van der Waals surface area contributed by atoms with Crippen LogP contribution in [-0.2, 0) is 0 Å². The smallest absolute Gasteiger partial charge is 0.427 e. The first-order chi connectivity index (χ1) is 5.93. The van der Waals surface area contributed by atoms with E-state index in [1.54, 1.807) is 29.2 Å². The monoisotopic (exact) mass is 182 g/mol. The maximum absolute atomic E-state index is 10.9. The molecular formula is C9H14N2O2. The Kier molecular flexibility index (Phi) is 2.32. The molecule has 0 unspecified atom stereocenters. The van der Waals surface area contributed by atoms with Crippen molar-refractivity contribution in [2.45, 2.75) is 26.3 Å². The Bertz CT molecular complexity index is 285. The van der Waals surface area contributed by atoms with Crippen LogP contribution in [-0.4, -0.2) is 21.4 Å². The van der Waals surface area contributed by atoms with Crippen molar-refractivity contribution in [1.82, 2.24) is 4.68 Å². The molecule has 0 aliphatic heterocycles. The van der Waals surface area contributed by atoms with Gasteiger partial charge in [-0.25, -0.2) is 9.80 Å². The van der Waals surface area contributed by atoms with E-state index in [1.807, 2.05) is 20.8 Å². The third-order valence-corrected chi connectivity index (χ3v) is 1.64. The van der Waals surface area contributed by atoms with E-state index < -0.39 is 11.6 Å². The minimum atomic E-state index is -0.955. The van der Waals surface area contributed by atoms with Crippen LogP contribution in [0.1, 0.15) is 20.8 Å². The van der Waals surface area contributed by atoms with Crippen molar-refractivity contribution in [2.24, 2.45) is 0 Å². The molecule has 1 N–H and O–H groups in total. The predicted molar refractivity (Wildman–Crippen MR) is 50.4 cm³/mol. The molecule has 0 spiro atoms. The Morgan fingerprint density at radius 1 is 1.31 bits per heavy atom. The summed E-state index contributed by atoms with van der Waals surface area (Å²) in [6.45, 7) is 5.54. The number of hydrogen-bond acceptors (Lipinski definition) is 1. The van der Waals surface area contributed by atoms with Gasteiger partial charge in [-0.15, -0.1) is 0 Å². The highest BCUT2D eigenvalue weighted by molar-refractivity contribution is 5.77. The summed E-state index contributed by atoms with van der Waals surface area (Å²) in [5.74, 6) is 0. The SMILES string of the molecule is CC(C)(C)N(C(=O)O)n1cccc1. The van der Waals surface area contributed by atoms with Gasteiger partial charge in [-0.2, -0.15) is 0 Å². The van der Waals surface area contributed by atoms with Gasteiger partial charge in [0.2, 0.25) is 0 Å². The van der Waals surface area contributed by atoms with Crippen LogP contribution < -0.4 is 5.01 Å². The van der Waals surface area contributed by atoms with Crippen LogP contribution in [0.4, 0.5) is 4.79 Å². The third-order valence-electron chi connectivity index (χ3n) is 1.64. The van der Waals surface area contributed by atoms with Gasteiger partial charge < -0.3 is 5.11 Å². The van der Waals surface area contributed by atoms with E-state index in [9.17, 15) is 4.79 Å². The van der Waals surface area contributed by atoms with Gasteiger partial charge in [0, 0.05) is 12.4 Å². The number of amides is 1. The molecule has 0 aliphatic rings. The highest BCUT2D eigenvalue weighted by atomic mass is 16.4. The van der Waals surface area contributed by atoms with Crippen LogP contribution in [0.2, 0.25) is 0 Å². The molecule has 0 aliphatic carbocycles. The van der Waals surface area contributed by atoms with E-state index >= 15 is 0 Å². The van der Waals surface area contributed by atoms with Gasteiger partial charge in [-0.1, -0.05) is 0 Å². The van der Waals surface area contributed by atoms with Crippen LogP contribution in [0.3, 0.4) is 0 Å². The zero-order valence-corrected chi connectivity index (χ0v) is 8.06. The lowest BCUT2D eigenvalue weighted by Gasteiger charge is -2.33. The summed E-state index contributed by atoms with van der Waals surface area (Å²) >= 11 is 0. The normalized spacial score (nSPS) is 11.3. The Morgan fingerprint density at radius 3 is 2.08 bits per heavy atom. The average Bonchev–Trinajstić information content (AvgIpc) is 2.34. The lowest BCUT2D eigenvalue weighted by atomic mass is 10.1. The number of hydrogen-bond donors (Lipinski definition) is 1. The number of rotatable bonds is 1. The van der Waals surface area contributed by atoms with Gasteiger partial charge in [-0.05, 0) is 32.9 Å². The second kappa shape index (κ2) is 3.12. The molecule has 72 valence electrons. The fourth-order valence-corrected chi connectivity index (χ4v) is 1.19. The molecule has 4 heteroatoms. The van der Waals surface area contributed by atoms with Crippen LogP contribution >= 0.6 is 0 Å². The summed E-state index contributed by atoms with van der Waals surface area (Å²) in [6.07, 6.45) is 2.46. The second-order valence-electron chi connectivity index (χ2n) is 3.83. The van der Waals surface area contributed by atoms with Crippen LogP contribution in [0.25, 0.3) is 0 Å². The maximum atomic E-state index is 10.9. The van der Waals surface area contributed by atoms with Crippen molar-refractivity contribution >= 4 is 6.09 Å². The van der Waals surface area contributed by atoms with Crippen molar-refractivity contribution in [2.75, 3.05) is 5.01 Å². The molecule has 0 fully saturated rings. The quantitative estimate of drug-likeness (QED) is 0.721. The zero-order chi connectivity index (χ0) is 10.1. The summed E-state index contributed by atoms with van der Waals surface area (Å²) in [7, 11) is 0. The zero-order valence-electron chi connectivity index (χ0n) is 8.06. The first-order valence-corrected chi connectivity index (χ1v) is 4.09. The van der Waals surface area contributed by atoms with E-state index in [1.165, 1.54) is 5.01 Å². The van der Waals surface area contributed by atoms with E-state index in [4.69, 9.17) is 5.11 Å². The van der Waals surface area contributed by atoms with Crippen molar-refractivity contribution in [1.29, 1.82) is 0 Å². The molecule has 1 aromatic heterocycles. The van der Waals surface area contributed by atoms with Gasteiger partial charge >= 0.3 is 6.09 Å². The Hall–Kier alpha value is -1.45. The lowest BCUT2D eigenvalue weighted by molar-refractivity contribution is 0.185. The van der Waals surface area contributed by atoms with E-state index in [2.05, 4.69) is 0 Å². The second-order valence-corrected chi connectivity index (χ2v) is 3.83. The Labute approximate surface area is 77.4 Å². The van der Waals surface area contributed by atoms with Gasteiger partial charge in [0.25, 0.3) is 0 Å². The fourth-order valence-electron chi connectivity index (χ4n) is 1.19. The predicted octanol–water partition coefficient (Wildman–Crippen LogP) is 1.90. The molecule has 4 nitrogen and oxygen atoms in total. The van der Waals surface area contributed by atoms with Crippen molar-refractivity contribution in [3.8, 4) is 0 Å². The Morgan fingerprint density at radius 2 is 1.77 bits per heavy atom. The largest absolute Gasteiger partial charge is 0.464 e. The van der Waals surface area contributed by atoms with Gasteiger partial charge in [0.05, 0.1) is 5.54 Å². The van der Waals surface area contributed by atoms with Crippen molar-refractivity contribution < 1.29 is 9.90 Å². The molecule has 1 rings (SSSR count). The fraction of sp³-hybridized carbons (Fsp3) is 0.444. The standard InChI is InChI=1S/C9H14N2O2/c1-9(2,3)11(8(12)13)10-6-4-5-7-10/h4-7H,1-3H3,(H,12,13). The summed E-state index contributed by atoms with van der Waals surface area (Å²) in [4.78, 5) is 10.9. The first kappa shape index (κ1) is 9.64. The summed E-state index contributed by atoms with van der Waals surface area (Å²) in [6, 6.07) is 3.59. The van der Waals surface area contributed by atoms with Crippen molar-refractivity contribution in [3.05, 3.63) is 24.5 Å². The van der Waals surface area contributed by atoms with Gasteiger partial charge in [-0.3, -0.25) is 4.68 Å². The maximum Gasteiger partial charge on any atom is 0.427 e. The summed E-state index contributed by atoms with van der Waals surface area (Å²) < 4.78 is 1.56. The molecule has 0 saturated heterocycles. The minimum absolute atomic E-state index is 0.440. The summed E-state index contributed by atoms with van der Waals surface area (Å²) in [5.41, 5.74) is -0.440. The first-order valence-electron chi connectivity index (χ1n) is 4.09. The summed E-state index contributed by atoms with van der Waals surface area (Å²) in [5, 5.41) is 10.3. The molecule has 1 heterocycles. The number of aromatic nitrogens is 1. The van der Waals surface area contributed by atoms with Crippen LogP contribution in [0, 0.1) is 0 Å². The molecule has 0 bridgehead atoms. The Balaban J connectivity index is 3.01. The van der Waals surface area contributed by atoms with Gasteiger partial charge in [0.15, 0.2) is 0 Å². The number of nitrogens with zero attached hydrogens (tertiary/aromatic N) is 2. The molecule has 1 amide bonds. The topological polar surface area (TPSA) is 45.5 Å². The number of carboxylic acid groups (broad SMARTS) is 1. The van der Waals surface area contributed by atoms with E-state index in [0.717, 1.165) is 0 Å². The average molecular weight is 182 g/mol. The highest BCUT2D eigenvalue weighted by Crippen LogP contribution is 2.12. The minimum Gasteiger partial charge on any atom is -0.464 e. The van der Waals surface area contributed by atoms with E-state index in [0.29, 0.717) is 0 Å². The number of carbonyl (C=O) groups is 1. The third kappa shape index (κ3) is 2.02. The molecule has 1 aromatic rings. The van der Waals surface area contributed by atoms with Crippen LogP contribution in [0.15, 0.2) is 24.5 Å². The molecule has 0 radical (unpaired) electrons. The lowest BCUT2D eigenvalue weighted by Crippen LogP contribution is -2.51. The van der Waals surface area contributed by atoms with Gasteiger partial charge in [0.1, 0.15) is 0 Å². The molecule has 0 aromatic carbocycles.